The Balaban J connectivity index is 1.58. The number of benzene rings is 1. The first kappa shape index (κ1) is 14.4. The summed E-state index contributed by atoms with van der Waals surface area (Å²) in [5, 5.41) is 9.97. The van der Waals surface area contributed by atoms with Gasteiger partial charge in [0.25, 0.3) is 0 Å². The summed E-state index contributed by atoms with van der Waals surface area (Å²) in [6.07, 6.45) is 1.00. The summed E-state index contributed by atoms with van der Waals surface area (Å²) in [6.45, 7) is 0.319. The van der Waals surface area contributed by atoms with Crippen molar-refractivity contribution < 1.29 is 10.0 Å². The zero-order valence-corrected chi connectivity index (χ0v) is 12.9. The van der Waals surface area contributed by atoms with Gasteiger partial charge in [0.15, 0.2) is 0 Å². The zero-order chi connectivity index (χ0) is 14.8. The number of hydrogen-bond donors (Lipinski definition) is 2. The highest BCUT2D eigenvalue weighted by Gasteiger charge is 2.40. The molecule has 2 unspecified atom stereocenters. The molecule has 1 aliphatic rings. The zero-order valence-electron chi connectivity index (χ0n) is 11.3. The van der Waals surface area contributed by atoms with Gasteiger partial charge in [-0.3, -0.25) is 5.21 Å². The molecule has 6 heteroatoms. The number of nitrogens with two attached hydrogens (primary N) is 1. The second-order valence-electron chi connectivity index (χ2n) is 5.09. The minimum absolute atomic E-state index is 0.315. The summed E-state index contributed by atoms with van der Waals surface area (Å²) in [4.78, 5) is 13.4. The van der Waals surface area contributed by atoms with Gasteiger partial charge < -0.3 is 5.73 Å². The van der Waals surface area contributed by atoms with Crippen LogP contribution < -0.4 is 5.73 Å². The predicted octanol–water partition coefficient (Wildman–Crippen LogP) is 3.77. The predicted molar refractivity (Wildman–Crippen MR) is 83.8 cm³/mol. The summed E-state index contributed by atoms with van der Waals surface area (Å²) in [5.41, 5.74) is 5.02. The third-order valence-corrected chi connectivity index (χ3v) is 5.87. The first-order chi connectivity index (χ1) is 10.1. The fourth-order valence-corrected chi connectivity index (χ4v) is 4.65. The lowest BCUT2D eigenvalue weighted by atomic mass is 10.2. The maximum absolute atomic E-state index is 10.8. The van der Waals surface area contributed by atoms with Crippen LogP contribution in [0.5, 0.6) is 0 Å². The van der Waals surface area contributed by atoms with Gasteiger partial charge in [-0.05, 0) is 42.5 Å². The second-order valence-corrected chi connectivity index (χ2v) is 7.58. The van der Waals surface area contributed by atoms with Crippen LogP contribution >= 0.6 is 23.1 Å². The molecule has 1 aromatic carbocycles. The number of hydroxylamine groups is 2. The maximum Gasteiger partial charge on any atom is 0.338 e. The molecule has 3 rings (SSSR count). The van der Waals surface area contributed by atoms with Crippen molar-refractivity contribution in [3.8, 4) is 0 Å². The minimum atomic E-state index is -0.785. The van der Waals surface area contributed by atoms with Crippen molar-refractivity contribution in [2.45, 2.75) is 21.4 Å². The molecule has 1 fully saturated rings. The lowest BCUT2D eigenvalue weighted by Crippen LogP contribution is -2.34. The van der Waals surface area contributed by atoms with Crippen LogP contribution in [0, 0.1) is 5.92 Å². The molecule has 0 bridgehead atoms. The van der Waals surface area contributed by atoms with E-state index in [1.54, 1.807) is 23.1 Å². The largest absolute Gasteiger partial charge is 0.350 e. The SMILES string of the molecule is NC(=O)N(O)CC1CC1c1ccc(Sc2ccccc2)s1. The topological polar surface area (TPSA) is 66.6 Å². The third-order valence-electron chi connectivity index (χ3n) is 3.51. The van der Waals surface area contributed by atoms with Crippen LogP contribution in [0.1, 0.15) is 17.2 Å². The summed E-state index contributed by atoms with van der Waals surface area (Å²) in [5.74, 6) is 0.754. The number of thiophene rings is 1. The molecule has 0 radical (unpaired) electrons. The monoisotopic (exact) mass is 320 g/mol. The Bertz CT molecular complexity index is 630. The molecule has 2 amide bonds. The van der Waals surface area contributed by atoms with Gasteiger partial charge in [0, 0.05) is 9.77 Å². The highest BCUT2D eigenvalue weighted by Crippen LogP contribution is 2.51. The van der Waals surface area contributed by atoms with Crippen molar-refractivity contribution in [3.05, 3.63) is 47.3 Å². The standard InChI is InChI=1S/C15H16N2O2S2/c16-15(18)17(19)9-10-8-12(10)13-6-7-14(21-13)20-11-4-2-1-3-5-11/h1-7,10,12,19H,8-9H2,(H2,16,18). The first-order valence-corrected chi connectivity index (χ1v) is 8.35. The average molecular weight is 320 g/mol. The molecule has 1 aliphatic carbocycles. The van der Waals surface area contributed by atoms with Crippen molar-refractivity contribution in [2.24, 2.45) is 11.7 Å². The van der Waals surface area contributed by atoms with Crippen molar-refractivity contribution in [1.29, 1.82) is 0 Å². The van der Waals surface area contributed by atoms with E-state index in [2.05, 4.69) is 24.3 Å². The van der Waals surface area contributed by atoms with Crippen LogP contribution in [0.25, 0.3) is 0 Å². The number of carbonyl (C=O) groups is 1. The van der Waals surface area contributed by atoms with E-state index in [9.17, 15) is 10.0 Å². The number of carbonyl (C=O) groups excluding carboxylic acids is 1. The molecule has 2 atom stereocenters. The number of nitrogens with zero attached hydrogens (tertiary/aromatic N) is 1. The lowest BCUT2D eigenvalue weighted by Gasteiger charge is -2.10. The van der Waals surface area contributed by atoms with Crippen LogP contribution in [0.3, 0.4) is 0 Å². The van der Waals surface area contributed by atoms with E-state index in [0.717, 1.165) is 6.42 Å². The van der Waals surface area contributed by atoms with E-state index in [0.29, 0.717) is 23.4 Å². The molecular weight excluding hydrogens is 304 g/mol. The summed E-state index contributed by atoms with van der Waals surface area (Å²) in [6, 6.07) is 13.8. The number of hydrogen-bond acceptors (Lipinski definition) is 4. The Kier molecular flexibility index (Phi) is 4.19. The first-order valence-electron chi connectivity index (χ1n) is 6.72. The van der Waals surface area contributed by atoms with Crippen LogP contribution in [-0.2, 0) is 0 Å². The molecule has 0 aliphatic heterocycles. The molecule has 1 saturated carbocycles. The smallest absolute Gasteiger partial charge is 0.338 e. The van der Waals surface area contributed by atoms with Crippen LogP contribution in [0.4, 0.5) is 4.79 Å². The molecule has 4 nitrogen and oxygen atoms in total. The molecule has 1 aromatic heterocycles. The normalized spacial score (nSPS) is 20.2. The van der Waals surface area contributed by atoms with E-state index in [4.69, 9.17) is 5.73 Å². The molecule has 21 heavy (non-hydrogen) atoms. The van der Waals surface area contributed by atoms with Gasteiger partial charge in [-0.1, -0.05) is 30.0 Å². The van der Waals surface area contributed by atoms with E-state index in [-0.39, 0.29) is 0 Å². The summed E-state index contributed by atoms with van der Waals surface area (Å²) < 4.78 is 1.26. The Morgan fingerprint density at radius 2 is 2.10 bits per heavy atom. The second kappa shape index (κ2) is 6.09. The van der Waals surface area contributed by atoms with Crippen molar-refractivity contribution in [1.82, 2.24) is 5.06 Å². The number of amides is 2. The molecule has 0 spiro atoms. The highest BCUT2D eigenvalue weighted by molar-refractivity contribution is 8.01. The lowest BCUT2D eigenvalue weighted by molar-refractivity contribution is -0.0431. The fourth-order valence-electron chi connectivity index (χ4n) is 2.30. The Hall–Kier alpha value is -1.50. The Labute approximate surface area is 131 Å². The van der Waals surface area contributed by atoms with E-state index < -0.39 is 6.03 Å². The molecular formula is C15H16N2O2S2. The van der Waals surface area contributed by atoms with E-state index in [1.807, 2.05) is 18.2 Å². The number of rotatable bonds is 5. The van der Waals surface area contributed by atoms with Crippen molar-refractivity contribution in [2.75, 3.05) is 6.54 Å². The van der Waals surface area contributed by atoms with Gasteiger partial charge in [-0.25, -0.2) is 9.86 Å². The third kappa shape index (κ3) is 3.58. The quantitative estimate of drug-likeness (QED) is 0.651. The van der Waals surface area contributed by atoms with E-state index in [1.165, 1.54) is 14.0 Å². The Morgan fingerprint density at radius 3 is 2.81 bits per heavy atom. The molecule has 110 valence electrons. The van der Waals surface area contributed by atoms with Gasteiger partial charge in [0.1, 0.15) is 0 Å². The van der Waals surface area contributed by atoms with Gasteiger partial charge in [0.05, 0.1) is 10.8 Å². The average Bonchev–Trinajstić information content (AvgIpc) is 3.08. The van der Waals surface area contributed by atoms with Crippen LogP contribution in [-0.4, -0.2) is 22.8 Å². The van der Waals surface area contributed by atoms with Gasteiger partial charge in [-0.2, -0.15) is 0 Å². The van der Waals surface area contributed by atoms with Gasteiger partial charge in [0.2, 0.25) is 0 Å². The van der Waals surface area contributed by atoms with Gasteiger partial charge in [-0.15, -0.1) is 11.3 Å². The fraction of sp³-hybridized carbons (Fsp3) is 0.267. The highest BCUT2D eigenvalue weighted by atomic mass is 32.2. The molecule has 2 aromatic rings. The van der Waals surface area contributed by atoms with Gasteiger partial charge >= 0.3 is 6.03 Å². The Morgan fingerprint density at radius 1 is 1.33 bits per heavy atom. The van der Waals surface area contributed by atoms with Crippen LogP contribution in [0.15, 0.2) is 51.6 Å². The van der Waals surface area contributed by atoms with E-state index >= 15 is 0 Å². The minimum Gasteiger partial charge on any atom is -0.350 e. The molecule has 3 N–H and O–H groups in total. The van der Waals surface area contributed by atoms with Crippen molar-refractivity contribution in [3.63, 3.8) is 0 Å². The van der Waals surface area contributed by atoms with Crippen molar-refractivity contribution >= 4 is 29.1 Å². The van der Waals surface area contributed by atoms with Crippen LogP contribution in [0.2, 0.25) is 0 Å². The summed E-state index contributed by atoms with van der Waals surface area (Å²) >= 11 is 3.54. The number of primary amides is 1. The maximum atomic E-state index is 10.8. The molecule has 0 saturated heterocycles. The summed E-state index contributed by atoms with van der Waals surface area (Å²) in [7, 11) is 0. The molecule has 1 heterocycles. The number of urea groups is 1.